The summed E-state index contributed by atoms with van der Waals surface area (Å²) in [5.41, 5.74) is 1.01. The number of ether oxygens (including phenoxy) is 1. The zero-order valence-electron chi connectivity index (χ0n) is 22.3. The standard InChI is InChI=1S/C29H34ClN3O5S/c1-4-18-31-29(35)26(5-2)32(20-22-12-8-6-9-13-22)28(34)21-33(23-16-17-27(38-3)25(30)19-23)39(36,37)24-14-10-7-11-15-24/h6-17,19,26H,4-5,18,20-21H2,1-3H3,(H,31,35)/t26-/m0/s1. The Bertz CT molecular complexity index is 1350. The summed E-state index contributed by atoms with van der Waals surface area (Å²) in [6.07, 6.45) is 1.10. The molecule has 0 fully saturated rings. The average molecular weight is 572 g/mol. The number of hydrogen-bond acceptors (Lipinski definition) is 5. The van der Waals surface area contributed by atoms with Gasteiger partial charge in [-0.25, -0.2) is 8.42 Å². The number of anilines is 1. The third-order valence-electron chi connectivity index (χ3n) is 6.16. The van der Waals surface area contributed by atoms with Crippen molar-refractivity contribution in [2.75, 3.05) is 24.5 Å². The van der Waals surface area contributed by atoms with E-state index in [4.69, 9.17) is 16.3 Å². The molecule has 10 heteroatoms. The van der Waals surface area contributed by atoms with E-state index in [0.29, 0.717) is 18.7 Å². The van der Waals surface area contributed by atoms with Gasteiger partial charge in [0.1, 0.15) is 18.3 Å². The van der Waals surface area contributed by atoms with E-state index >= 15 is 0 Å². The first-order chi connectivity index (χ1) is 18.7. The van der Waals surface area contributed by atoms with Crippen LogP contribution >= 0.6 is 11.6 Å². The van der Waals surface area contributed by atoms with E-state index < -0.39 is 28.5 Å². The number of hydrogen-bond donors (Lipinski definition) is 1. The molecule has 1 N–H and O–H groups in total. The molecule has 3 aromatic carbocycles. The number of halogens is 1. The van der Waals surface area contributed by atoms with Crippen LogP contribution in [0.15, 0.2) is 83.8 Å². The summed E-state index contributed by atoms with van der Waals surface area (Å²) in [5.74, 6) is -0.439. The smallest absolute Gasteiger partial charge is 0.264 e. The second-order valence-electron chi connectivity index (χ2n) is 8.87. The molecule has 0 aliphatic carbocycles. The molecule has 39 heavy (non-hydrogen) atoms. The lowest BCUT2D eigenvalue weighted by Crippen LogP contribution is -2.52. The second kappa shape index (κ2) is 14.0. The molecule has 2 amide bonds. The van der Waals surface area contributed by atoms with Crippen LogP contribution in [0.3, 0.4) is 0 Å². The van der Waals surface area contributed by atoms with Gasteiger partial charge in [-0.2, -0.15) is 0 Å². The molecular weight excluding hydrogens is 538 g/mol. The highest BCUT2D eigenvalue weighted by molar-refractivity contribution is 7.92. The number of benzene rings is 3. The van der Waals surface area contributed by atoms with Crippen LogP contribution in [0.2, 0.25) is 5.02 Å². The second-order valence-corrected chi connectivity index (χ2v) is 11.1. The van der Waals surface area contributed by atoms with Gasteiger partial charge >= 0.3 is 0 Å². The SMILES string of the molecule is CCCNC(=O)[C@H](CC)N(Cc1ccccc1)C(=O)CN(c1ccc(OC)c(Cl)c1)S(=O)(=O)c1ccccc1. The number of carbonyl (C=O) groups is 2. The summed E-state index contributed by atoms with van der Waals surface area (Å²) < 4.78 is 33.9. The van der Waals surface area contributed by atoms with Crippen LogP contribution in [0, 0.1) is 0 Å². The normalized spacial score (nSPS) is 11.9. The molecular formula is C29H34ClN3O5S. The molecule has 0 spiro atoms. The molecule has 1 atom stereocenters. The van der Waals surface area contributed by atoms with Crippen LogP contribution in [0.4, 0.5) is 5.69 Å². The number of rotatable bonds is 13. The van der Waals surface area contributed by atoms with Crippen molar-refractivity contribution in [3.05, 3.63) is 89.4 Å². The minimum absolute atomic E-state index is 0.0204. The molecule has 208 valence electrons. The molecule has 0 heterocycles. The van der Waals surface area contributed by atoms with Crippen LogP contribution in [-0.2, 0) is 26.2 Å². The lowest BCUT2D eigenvalue weighted by Gasteiger charge is -2.33. The van der Waals surface area contributed by atoms with E-state index in [1.54, 1.807) is 24.3 Å². The van der Waals surface area contributed by atoms with Gasteiger partial charge in [0.2, 0.25) is 11.8 Å². The summed E-state index contributed by atoms with van der Waals surface area (Å²) in [6, 6.07) is 20.9. The molecule has 3 rings (SSSR count). The third-order valence-corrected chi connectivity index (χ3v) is 8.25. The maximum Gasteiger partial charge on any atom is 0.264 e. The Morgan fingerprint density at radius 1 is 0.974 bits per heavy atom. The summed E-state index contributed by atoms with van der Waals surface area (Å²) in [7, 11) is -2.72. The van der Waals surface area contributed by atoms with E-state index in [-0.39, 0.29) is 28.1 Å². The van der Waals surface area contributed by atoms with E-state index in [0.717, 1.165) is 16.3 Å². The zero-order valence-corrected chi connectivity index (χ0v) is 23.9. The van der Waals surface area contributed by atoms with E-state index in [1.165, 1.54) is 36.3 Å². The van der Waals surface area contributed by atoms with Crippen molar-refractivity contribution in [1.82, 2.24) is 10.2 Å². The highest BCUT2D eigenvalue weighted by Crippen LogP contribution is 2.32. The lowest BCUT2D eigenvalue weighted by atomic mass is 10.1. The quantitative estimate of drug-likeness (QED) is 0.315. The fourth-order valence-corrected chi connectivity index (χ4v) is 5.80. The molecule has 8 nitrogen and oxygen atoms in total. The Morgan fingerprint density at radius 3 is 2.18 bits per heavy atom. The Morgan fingerprint density at radius 2 is 1.62 bits per heavy atom. The number of amides is 2. The van der Waals surface area contributed by atoms with Crippen molar-refractivity contribution < 1.29 is 22.7 Å². The first-order valence-corrected chi connectivity index (χ1v) is 14.6. The molecule has 0 aliphatic rings. The predicted molar refractivity (Wildman–Crippen MR) is 153 cm³/mol. The minimum atomic E-state index is -4.17. The van der Waals surface area contributed by atoms with Gasteiger partial charge in [-0.1, -0.05) is 74.0 Å². The minimum Gasteiger partial charge on any atom is -0.495 e. The van der Waals surface area contributed by atoms with Crippen LogP contribution < -0.4 is 14.4 Å². The molecule has 3 aromatic rings. The monoisotopic (exact) mass is 571 g/mol. The fourth-order valence-electron chi connectivity index (χ4n) is 4.12. The largest absolute Gasteiger partial charge is 0.495 e. The number of nitrogens with zero attached hydrogens (tertiary/aromatic N) is 2. The maximum atomic E-state index is 14.0. The highest BCUT2D eigenvalue weighted by atomic mass is 35.5. The number of nitrogens with one attached hydrogen (secondary N) is 1. The predicted octanol–water partition coefficient (Wildman–Crippen LogP) is 4.88. The first-order valence-electron chi connectivity index (χ1n) is 12.7. The summed E-state index contributed by atoms with van der Waals surface area (Å²) in [4.78, 5) is 28.5. The van der Waals surface area contributed by atoms with Gasteiger partial charge < -0.3 is 15.0 Å². The number of carbonyl (C=O) groups excluding carboxylic acids is 2. The zero-order chi connectivity index (χ0) is 28.4. The van der Waals surface area contributed by atoms with Gasteiger partial charge in [0.05, 0.1) is 22.7 Å². The van der Waals surface area contributed by atoms with Crippen molar-refractivity contribution in [1.29, 1.82) is 0 Å². The topological polar surface area (TPSA) is 96.0 Å². The van der Waals surface area contributed by atoms with Crippen molar-refractivity contribution in [2.45, 2.75) is 44.2 Å². The van der Waals surface area contributed by atoms with E-state index in [9.17, 15) is 18.0 Å². The number of methoxy groups -OCH3 is 1. The molecule has 0 saturated carbocycles. The summed E-state index contributed by atoms with van der Waals surface area (Å²) >= 11 is 6.34. The Kier molecular flexibility index (Phi) is 10.8. The van der Waals surface area contributed by atoms with Gasteiger partial charge in [0.15, 0.2) is 0 Å². The molecule has 0 unspecified atom stereocenters. The van der Waals surface area contributed by atoms with Crippen LogP contribution in [-0.4, -0.2) is 51.4 Å². The molecule has 0 aromatic heterocycles. The average Bonchev–Trinajstić information content (AvgIpc) is 2.95. The van der Waals surface area contributed by atoms with Crippen molar-refractivity contribution >= 4 is 39.1 Å². The Labute approximate surface area is 235 Å². The fraction of sp³-hybridized carbons (Fsp3) is 0.310. The van der Waals surface area contributed by atoms with Crippen LogP contribution in [0.5, 0.6) is 5.75 Å². The molecule has 0 radical (unpaired) electrons. The van der Waals surface area contributed by atoms with Crippen molar-refractivity contribution in [3.8, 4) is 5.75 Å². The van der Waals surface area contributed by atoms with Gasteiger partial charge in [0.25, 0.3) is 10.0 Å². The lowest BCUT2D eigenvalue weighted by molar-refractivity contribution is -0.140. The molecule has 0 saturated heterocycles. The Hall–Kier alpha value is -3.56. The Balaban J connectivity index is 2.06. The highest BCUT2D eigenvalue weighted by Gasteiger charge is 2.33. The maximum absolute atomic E-state index is 14.0. The van der Waals surface area contributed by atoms with Crippen LogP contribution in [0.1, 0.15) is 32.3 Å². The van der Waals surface area contributed by atoms with Gasteiger partial charge in [-0.3, -0.25) is 13.9 Å². The molecule has 0 bridgehead atoms. The van der Waals surface area contributed by atoms with Crippen LogP contribution in [0.25, 0.3) is 0 Å². The van der Waals surface area contributed by atoms with Gasteiger partial charge in [-0.05, 0) is 48.7 Å². The molecule has 0 aliphatic heterocycles. The summed E-state index contributed by atoms with van der Waals surface area (Å²) in [6.45, 7) is 3.84. The number of sulfonamides is 1. The van der Waals surface area contributed by atoms with Gasteiger partial charge in [-0.15, -0.1) is 0 Å². The van der Waals surface area contributed by atoms with Crippen molar-refractivity contribution in [2.24, 2.45) is 0 Å². The van der Waals surface area contributed by atoms with E-state index in [1.807, 2.05) is 44.2 Å². The van der Waals surface area contributed by atoms with Crippen molar-refractivity contribution in [3.63, 3.8) is 0 Å². The summed E-state index contributed by atoms with van der Waals surface area (Å²) in [5, 5.41) is 3.07. The van der Waals surface area contributed by atoms with Gasteiger partial charge in [0, 0.05) is 13.1 Å². The first kappa shape index (κ1) is 30.0. The third kappa shape index (κ3) is 7.52. The van der Waals surface area contributed by atoms with E-state index in [2.05, 4.69) is 5.32 Å².